The highest BCUT2D eigenvalue weighted by molar-refractivity contribution is 8.01. The number of amides is 1. The average Bonchev–Trinajstić information content (AvgIpc) is 2.65. The first-order valence-corrected chi connectivity index (χ1v) is 7.49. The summed E-state index contributed by atoms with van der Waals surface area (Å²) < 4.78 is -0.236. The van der Waals surface area contributed by atoms with E-state index < -0.39 is 0 Å². The average molecular weight is 274 g/mol. The molecule has 1 rings (SSSR count). The molecule has 0 saturated carbocycles. The highest BCUT2D eigenvalue weighted by Crippen LogP contribution is 2.39. The van der Waals surface area contributed by atoms with Crippen LogP contribution in [-0.4, -0.2) is 38.9 Å². The van der Waals surface area contributed by atoms with E-state index in [0.717, 1.165) is 18.6 Å². The molecule has 1 atom stereocenters. The summed E-state index contributed by atoms with van der Waals surface area (Å²) in [5, 5.41) is 0. The first-order chi connectivity index (χ1) is 7.87. The highest BCUT2D eigenvalue weighted by Gasteiger charge is 2.40. The minimum atomic E-state index is -0.236. The minimum Gasteiger partial charge on any atom is -0.393 e. The van der Waals surface area contributed by atoms with Crippen LogP contribution in [0.5, 0.6) is 0 Å². The number of nitrogens with two attached hydrogens (primary N) is 1. The van der Waals surface area contributed by atoms with E-state index in [1.807, 2.05) is 18.7 Å². The van der Waals surface area contributed by atoms with Crippen molar-refractivity contribution in [1.82, 2.24) is 4.90 Å². The Kier molecular flexibility index (Phi) is 5.25. The Hall–Kier alpha value is -0.290. The molecule has 5 heteroatoms. The fourth-order valence-corrected chi connectivity index (χ4v) is 3.44. The van der Waals surface area contributed by atoms with Crippen molar-refractivity contribution >= 4 is 34.9 Å². The summed E-state index contributed by atoms with van der Waals surface area (Å²) in [7, 11) is 0. The van der Waals surface area contributed by atoms with Crippen LogP contribution in [-0.2, 0) is 4.79 Å². The zero-order chi connectivity index (χ0) is 13.1. The smallest absolute Gasteiger partial charge is 0.238 e. The number of carbonyl (C=O) groups is 1. The van der Waals surface area contributed by atoms with Gasteiger partial charge in [0.25, 0.3) is 0 Å². The summed E-state index contributed by atoms with van der Waals surface area (Å²) in [6, 6.07) is 0.204. The molecule has 0 radical (unpaired) electrons. The normalized spacial score (nSPS) is 24.0. The molecular weight excluding hydrogens is 252 g/mol. The Morgan fingerprint density at radius 3 is 2.65 bits per heavy atom. The van der Waals surface area contributed by atoms with E-state index >= 15 is 0 Å². The van der Waals surface area contributed by atoms with Gasteiger partial charge < -0.3 is 10.6 Å². The molecule has 0 aromatic carbocycles. The van der Waals surface area contributed by atoms with Crippen molar-refractivity contribution < 1.29 is 4.79 Å². The second kappa shape index (κ2) is 6.05. The maximum absolute atomic E-state index is 12.5. The summed E-state index contributed by atoms with van der Waals surface area (Å²) in [5.41, 5.74) is 5.52. The van der Waals surface area contributed by atoms with Crippen molar-refractivity contribution in [3.8, 4) is 0 Å². The molecule has 1 saturated heterocycles. The molecule has 1 aliphatic rings. The third kappa shape index (κ3) is 3.85. The summed E-state index contributed by atoms with van der Waals surface area (Å²) in [4.78, 5) is 14.9. The van der Waals surface area contributed by atoms with Gasteiger partial charge in [-0.1, -0.05) is 12.2 Å². The van der Waals surface area contributed by atoms with Gasteiger partial charge in [-0.3, -0.25) is 4.79 Å². The van der Waals surface area contributed by atoms with Gasteiger partial charge in [0.2, 0.25) is 5.91 Å². The van der Waals surface area contributed by atoms with E-state index in [9.17, 15) is 4.79 Å². The number of hydrogen-bond acceptors (Lipinski definition) is 3. The highest BCUT2D eigenvalue weighted by atomic mass is 32.2. The number of nitrogens with zero attached hydrogens (tertiary/aromatic N) is 1. The largest absolute Gasteiger partial charge is 0.393 e. The Labute approximate surface area is 113 Å². The van der Waals surface area contributed by atoms with E-state index in [0.29, 0.717) is 18.0 Å². The molecule has 1 aliphatic heterocycles. The third-order valence-electron chi connectivity index (χ3n) is 3.15. The molecular formula is C12H22N2OS2. The van der Waals surface area contributed by atoms with Crippen LogP contribution in [0.1, 0.15) is 40.0 Å². The zero-order valence-electron chi connectivity index (χ0n) is 10.9. The molecule has 1 heterocycles. The van der Waals surface area contributed by atoms with Gasteiger partial charge in [0.1, 0.15) is 0 Å². The van der Waals surface area contributed by atoms with Crippen LogP contribution in [0.3, 0.4) is 0 Å². The molecule has 2 N–H and O–H groups in total. The fourth-order valence-electron chi connectivity index (χ4n) is 2.08. The summed E-state index contributed by atoms with van der Waals surface area (Å²) in [6.45, 7) is 6.78. The summed E-state index contributed by atoms with van der Waals surface area (Å²) >= 11 is 6.66. The van der Waals surface area contributed by atoms with Crippen LogP contribution in [0.4, 0.5) is 0 Å². The van der Waals surface area contributed by atoms with Gasteiger partial charge in [0, 0.05) is 19.0 Å². The van der Waals surface area contributed by atoms with Gasteiger partial charge in [0.05, 0.1) is 9.74 Å². The quantitative estimate of drug-likeness (QED) is 0.781. The Balaban J connectivity index is 2.69. The van der Waals surface area contributed by atoms with Crippen molar-refractivity contribution in [2.75, 3.05) is 12.3 Å². The molecule has 0 bridgehead atoms. The number of thioether (sulfide) groups is 1. The Morgan fingerprint density at radius 1 is 1.59 bits per heavy atom. The first-order valence-electron chi connectivity index (χ1n) is 6.10. The van der Waals surface area contributed by atoms with E-state index in [2.05, 4.69) is 6.92 Å². The second-order valence-corrected chi connectivity index (χ2v) is 7.11. The fraction of sp³-hybridized carbons (Fsp3) is 0.833. The molecule has 1 amide bonds. The lowest BCUT2D eigenvalue weighted by Gasteiger charge is -2.34. The zero-order valence-corrected chi connectivity index (χ0v) is 12.5. The van der Waals surface area contributed by atoms with E-state index in [1.54, 1.807) is 11.8 Å². The molecule has 17 heavy (non-hydrogen) atoms. The van der Waals surface area contributed by atoms with Crippen molar-refractivity contribution in [2.45, 2.75) is 50.8 Å². The molecule has 0 aromatic heterocycles. The molecule has 0 aromatic rings. The van der Waals surface area contributed by atoms with Crippen molar-refractivity contribution in [2.24, 2.45) is 5.73 Å². The number of hydrogen-bond donors (Lipinski definition) is 1. The monoisotopic (exact) mass is 274 g/mol. The van der Waals surface area contributed by atoms with Crippen LogP contribution < -0.4 is 5.73 Å². The van der Waals surface area contributed by atoms with Crippen LogP contribution in [0, 0.1) is 0 Å². The molecule has 0 spiro atoms. The maximum Gasteiger partial charge on any atom is 0.238 e. The first kappa shape index (κ1) is 14.8. The lowest BCUT2D eigenvalue weighted by atomic mass is 10.0. The van der Waals surface area contributed by atoms with Gasteiger partial charge in [0.15, 0.2) is 0 Å². The van der Waals surface area contributed by atoms with Gasteiger partial charge in [-0.05, 0) is 39.4 Å². The van der Waals surface area contributed by atoms with Crippen LogP contribution >= 0.6 is 24.0 Å². The SMILES string of the molecule is CC(C)N(CCC(N)=S)C(=O)C1(C)CCCS1. The molecule has 98 valence electrons. The maximum atomic E-state index is 12.5. The topological polar surface area (TPSA) is 46.3 Å². The van der Waals surface area contributed by atoms with E-state index in [1.165, 1.54) is 0 Å². The Morgan fingerprint density at radius 2 is 2.24 bits per heavy atom. The third-order valence-corrected chi connectivity index (χ3v) is 4.87. The Bertz CT molecular complexity index is 299. The lowest BCUT2D eigenvalue weighted by molar-refractivity contribution is -0.135. The van der Waals surface area contributed by atoms with Gasteiger partial charge in [-0.25, -0.2) is 0 Å². The van der Waals surface area contributed by atoms with E-state index in [4.69, 9.17) is 18.0 Å². The van der Waals surface area contributed by atoms with Gasteiger partial charge in [-0.15, -0.1) is 11.8 Å². The number of thiocarbonyl (C=S) groups is 1. The lowest BCUT2D eigenvalue weighted by Crippen LogP contribution is -2.48. The molecule has 1 fully saturated rings. The van der Waals surface area contributed by atoms with Crippen molar-refractivity contribution in [3.05, 3.63) is 0 Å². The van der Waals surface area contributed by atoms with Crippen molar-refractivity contribution in [1.29, 1.82) is 0 Å². The predicted molar refractivity (Wildman–Crippen MR) is 78.3 cm³/mol. The second-order valence-electron chi connectivity index (χ2n) is 4.99. The molecule has 1 unspecified atom stereocenters. The summed E-state index contributed by atoms with van der Waals surface area (Å²) in [5.74, 6) is 1.33. The van der Waals surface area contributed by atoms with Crippen molar-refractivity contribution in [3.63, 3.8) is 0 Å². The van der Waals surface area contributed by atoms with Crippen LogP contribution in [0.25, 0.3) is 0 Å². The van der Waals surface area contributed by atoms with Crippen LogP contribution in [0.15, 0.2) is 0 Å². The molecule has 0 aliphatic carbocycles. The predicted octanol–water partition coefficient (Wildman–Crippen LogP) is 2.19. The van der Waals surface area contributed by atoms with Crippen LogP contribution in [0.2, 0.25) is 0 Å². The molecule has 3 nitrogen and oxygen atoms in total. The van der Waals surface area contributed by atoms with E-state index in [-0.39, 0.29) is 16.7 Å². The number of rotatable bonds is 5. The van der Waals surface area contributed by atoms with Gasteiger partial charge >= 0.3 is 0 Å². The number of carbonyl (C=O) groups excluding carboxylic acids is 1. The standard InChI is InChI=1S/C12H22N2OS2/c1-9(2)14(7-5-10(13)16)11(15)12(3)6-4-8-17-12/h9H,4-8H2,1-3H3,(H2,13,16). The van der Waals surface area contributed by atoms with Gasteiger partial charge in [-0.2, -0.15) is 0 Å². The minimum absolute atomic E-state index is 0.204. The summed E-state index contributed by atoms with van der Waals surface area (Å²) in [6.07, 6.45) is 2.72.